The lowest BCUT2D eigenvalue weighted by molar-refractivity contribution is 0.301. The molecule has 0 amide bonds. The van der Waals surface area contributed by atoms with Gasteiger partial charge in [-0.1, -0.05) is 19.9 Å². The first kappa shape index (κ1) is 13.9. The second-order valence-electron chi connectivity index (χ2n) is 5.55. The van der Waals surface area contributed by atoms with E-state index >= 15 is 0 Å². The second-order valence-corrected chi connectivity index (χ2v) is 5.55. The van der Waals surface area contributed by atoms with Crippen LogP contribution in [0, 0.1) is 16.7 Å². The van der Waals surface area contributed by atoms with Crippen LogP contribution in [0.15, 0.2) is 18.2 Å². The Labute approximate surface area is 116 Å². The van der Waals surface area contributed by atoms with Crippen molar-refractivity contribution in [2.75, 3.05) is 18.0 Å². The molecule has 0 spiro atoms. The number of nitrogens with two attached hydrogens (primary N) is 1. The van der Waals surface area contributed by atoms with E-state index in [1.165, 1.54) is 19.3 Å². The number of benzene rings is 1. The Morgan fingerprint density at radius 1 is 1.37 bits per heavy atom. The van der Waals surface area contributed by atoms with Crippen LogP contribution in [-0.2, 0) is 6.54 Å². The third-order valence-corrected chi connectivity index (χ3v) is 4.70. The molecule has 2 rings (SSSR count). The summed E-state index contributed by atoms with van der Waals surface area (Å²) < 4.78 is 0. The van der Waals surface area contributed by atoms with Gasteiger partial charge in [-0.3, -0.25) is 0 Å². The molecule has 1 aliphatic rings. The zero-order chi connectivity index (χ0) is 13.9. The summed E-state index contributed by atoms with van der Waals surface area (Å²) in [5, 5.41) is 9.33. The Hall–Kier alpha value is -1.53. The average molecular weight is 257 g/mol. The molecule has 2 N–H and O–H groups in total. The Kier molecular flexibility index (Phi) is 4.11. The first-order valence-corrected chi connectivity index (χ1v) is 7.16. The highest BCUT2D eigenvalue weighted by molar-refractivity contribution is 5.61. The normalized spacial score (nSPS) is 17.5. The molecule has 0 aromatic heterocycles. The first-order valence-electron chi connectivity index (χ1n) is 7.16. The topological polar surface area (TPSA) is 53.0 Å². The number of nitriles is 1. The fourth-order valence-electron chi connectivity index (χ4n) is 3.04. The van der Waals surface area contributed by atoms with Gasteiger partial charge in [0.2, 0.25) is 0 Å². The van der Waals surface area contributed by atoms with Crippen molar-refractivity contribution in [2.24, 2.45) is 11.1 Å². The number of anilines is 1. The van der Waals surface area contributed by atoms with Gasteiger partial charge in [0.15, 0.2) is 0 Å². The van der Waals surface area contributed by atoms with Crippen LogP contribution in [0.1, 0.15) is 44.2 Å². The van der Waals surface area contributed by atoms with Gasteiger partial charge in [0.25, 0.3) is 0 Å². The molecule has 3 nitrogen and oxygen atoms in total. The summed E-state index contributed by atoms with van der Waals surface area (Å²) in [5.41, 5.74) is 8.92. The van der Waals surface area contributed by atoms with Crippen LogP contribution in [0.5, 0.6) is 0 Å². The molecule has 1 aliphatic heterocycles. The minimum atomic E-state index is 0.430. The highest BCUT2D eigenvalue weighted by Gasteiger charge is 2.35. The molecule has 0 aliphatic carbocycles. The maximum Gasteiger partial charge on any atom is 0.101 e. The molecule has 0 bridgehead atoms. The zero-order valence-electron chi connectivity index (χ0n) is 11.9. The molecule has 3 heteroatoms. The van der Waals surface area contributed by atoms with Crippen LogP contribution in [0.2, 0.25) is 0 Å². The van der Waals surface area contributed by atoms with Crippen molar-refractivity contribution in [1.29, 1.82) is 5.26 Å². The lowest BCUT2D eigenvalue weighted by atomic mass is 9.82. The van der Waals surface area contributed by atoms with Crippen LogP contribution >= 0.6 is 0 Å². The molecule has 0 atom stereocenters. The summed E-state index contributed by atoms with van der Waals surface area (Å²) in [4.78, 5) is 2.37. The van der Waals surface area contributed by atoms with E-state index in [4.69, 9.17) is 5.73 Å². The fourth-order valence-corrected chi connectivity index (χ4v) is 3.04. The van der Waals surface area contributed by atoms with Gasteiger partial charge >= 0.3 is 0 Å². The van der Waals surface area contributed by atoms with Crippen LogP contribution in [0.3, 0.4) is 0 Å². The van der Waals surface area contributed by atoms with Crippen LogP contribution in [0.25, 0.3) is 0 Å². The highest BCUT2D eigenvalue weighted by Crippen LogP contribution is 2.39. The predicted molar refractivity (Wildman–Crippen MR) is 78.9 cm³/mol. The van der Waals surface area contributed by atoms with Crippen LogP contribution in [0.4, 0.5) is 5.69 Å². The molecule has 102 valence electrons. The van der Waals surface area contributed by atoms with E-state index in [0.717, 1.165) is 29.9 Å². The smallest absolute Gasteiger partial charge is 0.101 e. The van der Waals surface area contributed by atoms with Crippen molar-refractivity contribution >= 4 is 5.69 Å². The Morgan fingerprint density at radius 2 is 2.11 bits per heavy atom. The number of hydrogen-bond acceptors (Lipinski definition) is 3. The van der Waals surface area contributed by atoms with Crippen molar-refractivity contribution in [3.63, 3.8) is 0 Å². The summed E-state index contributed by atoms with van der Waals surface area (Å²) in [6.07, 6.45) is 3.65. The zero-order valence-corrected chi connectivity index (χ0v) is 11.9. The van der Waals surface area contributed by atoms with Crippen molar-refractivity contribution in [3.05, 3.63) is 29.3 Å². The minimum Gasteiger partial charge on any atom is -0.370 e. The standard InChI is InChI=1S/C16H23N3/c1-3-16(4-2)7-8-19(12-16)15-6-5-13(10-17)9-14(15)11-18/h5-6,9H,3-4,7-8,10,12,17H2,1-2H3. The second kappa shape index (κ2) is 5.63. The Balaban J connectivity index is 2.27. The average Bonchev–Trinajstić information content (AvgIpc) is 2.91. The summed E-state index contributed by atoms with van der Waals surface area (Å²) in [6, 6.07) is 8.33. The van der Waals surface area contributed by atoms with Gasteiger partial charge in [0.1, 0.15) is 6.07 Å². The largest absolute Gasteiger partial charge is 0.370 e. The van der Waals surface area contributed by atoms with Gasteiger partial charge in [-0.25, -0.2) is 0 Å². The maximum absolute atomic E-state index is 9.33. The molecule has 0 radical (unpaired) electrons. The van der Waals surface area contributed by atoms with E-state index in [1.54, 1.807) is 0 Å². The lowest BCUT2D eigenvalue weighted by Crippen LogP contribution is -2.26. The molecule has 1 fully saturated rings. The molecule has 19 heavy (non-hydrogen) atoms. The lowest BCUT2D eigenvalue weighted by Gasteiger charge is -2.27. The minimum absolute atomic E-state index is 0.430. The van der Waals surface area contributed by atoms with Crippen molar-refractivity contribution in [3.8, 4) is 6.07 Å². The summed E-state index contributed by atoms with van der Waals surface area (Å²) in [5.74, 6) is 0. The quantitative estimate of drug-likeness (QED) is 0.902. The summed E-state index contributed by atoms with van der Waals surface area (Å²) >= 11 is 0. The van der Waals surface area contributed by atoms with Gasteiger partial charge in [-0.15, -0.1) is 0 Å². The third kappa shape index (κ3) is 2.59. The van der Waals surface area contributed by atoms with E-state index in [0.29, 0.717) is 12.0 Å². The molecule has 1 aromatic rings. The van der Waals surface area contributed by atoms with Gasteiger partial charge < -0.3 is 10.6 Å². The monoisotopic (exact) mass is 257 g/mol. The van der Waals surface area contributed by atoms with Crippen molar-refractivity contribution in [1.82, 2.24) is 0 Å². The summed E-state index contributed by atoms with van der Waals surface area (Å²) in [6.45, 7) is 7.16. The van der Waals surface area contributed by atoms with Crippen molar-refractivity contribution in [2.45, 2.75) is 39.7 Å². The molecule has 0 saturated carbocycles. The fraction of sp³-hybridized carbons (Fsp3) is 0.562. The van der Waals surface area contributed by atoms with Crippen LogP contribution in [-0.4, -0.2) is 13.1 Å². The van der Waals surface area contributed by atoms with Gasteiger partial charge in [0.05, 0.1) is 11.3 Å². The SMILES string of the molecule is CCC1(CC)CCN(c2ccc(CN)cc2C#N)C1. The Morgan fingerprint density at radius 3 is 2.63 bits per heavy atom. The number of rotatable bonds is 4. The molecule has 1 heterocycles. The maximum atomic E-state index is 9.33. The molecule has 0 unspecified atom stereocenters. The highest BCUT2D eigenvalue weighted by atomic mass is 15.2. The van der Waals surface area contributed by atoms with Crippen molar-refractivity contribution < 1.29 is 0 Å². The van der Waals surface area contributed by atoms with E-state index < -0.39 is 0 Å². The third-order valence-electron chi connectivity index (χ3n) is 4.70. The number of nitrogens with zero attached hydrogens (tertiary/aromatic N) is 2. The molecule has 1 saturated heterocycles. The molecule has 1 aromatic carbocycles. The number of hydrogen-bond donors (Lipinski definition) is 1. The van der Waals surface area contributed by atoms with E-state index in [9.17, 15) is 5.26 Å². The van der Waals surface area contributed by atoms with E-state index in [2.05, 4.69) is 30.9 Å². The summed E-state index contributed by atoms with van der Waals surface area (Å²) in [7, 11) is 0. The van der Waals surface area contributed by atoms with Gasteiger partial charge in [-0.2, -0.15) is 5.26 Å². The molecular weight excluding hydrogens is 234 g/mol. The molecular formula is C16H23N3. The van der Waals surface area contributed by atoms with Crippen LogP contribution < -0.4 is 10.6 Å². The van der Waals surface area contributed by atoms with Gasteiger partial charge in [0, 0.05) is 19.6 Å². The Bertz CT molecular complexity index is 483. The van der Waals surface area contributed by atoms with Gasteiger partial charge in [-0.05, 0) is 42.4 Å². The predicted octanol–water partition coefficient (Wildman–Crippen LogP) is 3.03. The van der Waals surface area contributed by atoms with E-state index in [-0.39, 0.29) is 0 Å². The van der Waals surface area contributed by atoms with E-state index in [1.807, 2.05) is 12.1 Å². The first-order chi connectivity index (χ1) is 9.18.